The van der Waals surface area contributed by atoms with Crippen LogP contribution in [0.1, 0.15) is 52.6 Å². The van der Waals surface area contributed by atoms with Crippen molar-refractivity contribution in [3.05, 3.63) is 63.4 Å². The molecule has 1 N–H and O–H groups in total. The highest BCUT2D eigenvalue weighted by atomic mass is 35.5. The predicted molar refractivity (Wildman–Crippen MR) is 108 cm³/mol. The topological polar surface area (TPSA) is 70.0 Å². The largest absolute Gasteiger partial charge is 0.504 e. The minimum absolute atomic E-state index is 0.167. The van der Waals surface area contributed by atoms with Crippen LogP contribution in [0.5, 0.6) is 5.75 Å². The summed E-state index contributed by atoms with van der Waals surface area (Å²) in [7, 11) is 0. The number of aliphatic imine (C=N–C) groups is 1. The number of nitrogens with zero attached hydrogens (tertiary/aromatic N) is 2. The Balaban J connectivity index is 1.81. The number of rotatable bonds is 2. The Bertz CT molecular complexity index is 1050. The molecular weight excluding hydrogens is 395 g/mol. The first-order valence-electron chi connectivity index (χ1n) is 9.31. The Hall–Kier alpha value is -2.73. The van der Waals surface area contributed by atoms with Crippen LogP contribution in [-0.4, -0.2) is 40.1 Å². The summed E-state index contributed by atoms with van der Waals surface area (Å²) < 4.78 is 14.2. The summed E-state index contributed by atoms with van der Waals surface area (Å²) in [5.74, 6) is -2.30. The minimum atomic E-state index is -0.863. The van der Waals surface area contributed by atoms with Crippen LogP contribution in [0.4, 0.5) is 4.39 Å². The number of imide groups is 1. The quantitative estimate of drug-likeness (QED) is 0.747. The van der Waals surface area contributed by atoms with Crippen LogP contribution in [0, 0.1) is 11.2 Å². The maximum Gasteiger partial charge on any atom is 0.261 e. The fraction of sp³-hybridized carbons (Fsp3) is 0.318. The fourth-order valence-electron chi connectivity index (χ4n) is 3.80. The van der Waals surface area contributed by atoms with E-state index in [1.807, 2.05) is 20.8 Å². The molecule has 0 fully saturated rings. The highest BCUT2D eigenvalue weighted by Crippen LogP contribution is 2.39. The van der Waals surface area contributed by atoms with Crippen molar-refractivity contribution in [2.45, 2.75) is 33.2 Å². The fourth-order valence-corrected chi connectivity index (χ4v) is 4.07. The number of hydrogen-bond acceptors (Lipinski definition) is 4. The van der Waals surface area contributed by atoms with Crippen LogP contribution >= 0.6 is 11.6 Å². The summed E-state index contributed by atoms with van der Waals surface area (Å²) in [5, 5.41) is 10.6. The molecule has 0 radical (unpaired) electrons. The first kappa shape index (κ1) is 19.6. The van der Waals surface area contributed by atoms with Gasteiger partial charge in [-0.05, 0) is 35.6 Å². The van der Waals surface area contributed by atoms with E-state index in [2.05, 4.69) is 0 Å². The lowest BCUT2D eigenvalue weighted by molar-refractivity contribution is 0.0677. The zero-order valence-corrected chi connectivity index (χ0v) is 17.0. The molecule has 0 aromatic heterocycles. The number of phenolic OH excluding ortho intramolecular Hbond substituents is 1. The molecule has 29 heavy (non-hydrogen) atoms. The van der Waals surface area contributed by atoms with Gasteiger partial charge < -0.3 is 5.11 Å². The molecule has 5 nitrogen and oxygen atoms in total. The van der Waals surface area contributed by atoms with Gasteiger partial charge in [0.25, 0.3) is 11.8 Å². The maximum absolute atomic E-state index is 14.2. The smallest absolute Gasteiger partial charge is 0.261 e. The summed E-state index contributed by atoms with van der Waals surface area (Å²) in [5.41, 5.74) is 1.43. The Morgan fingerprint density at radius 2 is 1.79 bits per heavy atom. The molecule has 0 spiro atoms. The third kappa shape index (κ3) is 3.12. The van der Waals surface area contributed by atoms with E-state index >= 15 is 0 Å². The number of carbonyl (C=O) groups is 2. The number of halogens is 2. The molecule has 0 aliphatic carbocycles. The van der Waals surface area contributed by atoms with Crippen LogP contribution in [0.2, 0.25) is 5.02 Å². The van der Waals surface area contributed by atoms with Crippen molar-refractivity contribution in [1.82, 2.24) is 4.90 Å². The van der Waals surface area contributed by atoms with E-state index in [4.69, 9.17) is 16.6 Å². The molecule has 0 saturated carbocycles. The molecule has 0 unspecified atom stereocenters. The summed E-state index contributed by atoms with van der Waals surface area (Å²) in [6.07, 6.45) is 0.428. The van der Waals surface area contributed by atoms with Crippen LogP contribution in [0.15, 0.2) is 35.3 Å². The van der Waals surface area contributed by atoms with E-state index in [0.29, 0.717) is 23.1 Å². The van der Waals surface area contributed by atoms with Crippen molar-refractivity contribution < 1.29 is 19.1 Å². The summed E-state index contributed by atoms with van der Waals surface area (Å²) >= 11 is 6.29. The highest BCUT2D eigenvalue weighted by Gasteiger charge is 2.39. The van der Waals surface area contributed by atoms with Gasteiger partial charge in [0.2, 0.25) is 0 Å². The monoisotopic (exact) mass is 414 g/mol. The number of benzene rings is 2. The van der Waals surface area contributed by atoms with Crippen molar-refractivity contribution >= 4 is 29.1 Å². The highest BCUT2D eigenvalue weighted by molar-refractivity contribution is 6.32. The predicted octanol–water partition coefficient (Wildman–Crippen LogP) is 4.24. The molecule has 150 valence electrons. The van der Waals surface area contributed by atoms with Gasteiger partial charge in [0.15, 0.2) is 11.6 Å². The van der Waals surface area contributed by atoms with Gasteiger partial charge in [-0.2, -0.15) is 0 Å². The van der Waals surface area contributed by atoms with E-state index in [9.17, 15) is 19.1 Å². The molecule has 0 saturated heterocycles. The van der Waals surface area contributed by atoms with Crippen LogP contribution in [0.3, 0.4) is 0 Å². The maximum atomic E-state index is 14.2. The normalized spacial score (nSPS) is 18.6. The molecule has 0 bridgehead atoms. The molecule has 2 aliphatic rings. The molecule has 2 heterocycles. The third-order valence-electron chi connectivity index (χ3n) is 5.49. The Morgan fingerprint density at radius 3 is 2.34 bits per heavy atom. The Labute approximate surface area is 172 Å². The van der Waals surface area contributed by atoms with Gasteiger partial charge in [-0.15, -0.1) is 0 Å². The van der Waals surface area contributed by atoms with E-state index in [1.54, 1.807) is 24.3 Å². The van der Waals surface area contributed by atoms with Crippen molar-refractivity contribution in [3.8, 4) is 5.75 Å². The Morgan fingerprint density at radius 1 is 1.21 bits per heavy atom. The third-order valence-corrected chi connectivity index (χ3v) is 5.83. The van der Waals surface area contributed by atoms with E-state index in [1.165, 1.54) is 0 Å². The van der Waals surface area contributed by atoms with E-state index < -0.39 is 23.4 Å². The number of phenols is 1. The second kappa shape index (κ2) is 6.66. The molecule has 2 amide bonds. The number of aromatic hydroxyl groups is 1. The first-order valence-corrected chi connectivity index (χ1v) is 9.69. The second-order valence-electron chi connectivity index (χ2n) is 8.45. The van der Waals surface area contributed by atoms with Gasteiger partial charge in [0.1, 0.15) is 0 Å². The lowest BCUT2D eigenvalue weighted by Crippen LogP contribution is -2.39. The van der Waals surface area contributed by atoms with E-state index in [-0.39, 0.29) is 34.3 Å². The summed E-state index contributed by atoms with van der Waals surface area (Å²) in [6.45, 7) is 5.88. The molecule has 2 aromatic rings. The van der Waals surface area contributed by atoms with Gasteiger partial charge in [0.05, 0.1) is 29.4 Å². The van der Waals surface area contributed by atoms with Gasteiger partial charge in [-0.3, -0.25) is 19.5 Å². The van der Waals surface area contributed by atoms with Crippen LogP contribution in [0.25, 0.3) is 0 Å². The zero-order valence-electron chi connectivity index (χ0n) is 16.3. The SMILES string of the molecule is CC(C)(C)[C@@H]1Cc2c(Cl)cc(F)c(O)c2C(CN2C(=O)c3ccccc3C2=O)=N1. The number of amides is 2. The minimum Gasteiger partial charge on any atom is -0.504 e. The lowest BCUT2D eigenvalue weighted by Gasteiger charge is -2.34. The van der Waals surface area contributed by atoms with Gasteiger partial charge in [-0.25, -0.2) is 4.39 Å². The molecule has 2 aromatic carbocycles. The van der Waals surface area contributed by atoms with Crippen molar-refractivity contribution in [2.24, 2.45) is 10.4 Å². The van der Waals surface area contributed by atoms with Crippen LogP contribution < -0.4 is 0 Å². The zero-order chi connectivity index (χ0) is 21.1. The second-order valence-corrected chi connectivity index (χ2v) is 8.85. The molecule has 4 rings (SSSR count). The van der Waals surface area contributed by atoms with Gasteiger partial charge in [0, 0.05) is 10.6 Å². The van der Waals surface area contributed by atoms with Crippen LogP contribution in [-0.2, 0) is 6.42 Å². The Kier molecular flexibility index (Phi) is 4.50. The van der Waals surface area contributed by atoms with Crippen molar-refractivity contribution in [1.29, 1.82) is 0 Å². The van der Waals surface area contributed by atoms with Gasteiger partial charge in [-0.1, -0.05) is 44.5 Å². The van der Waals surface area contributed by atoms with Crippen molar-refractivity contribution in [3.63, 3.8) is 0 Å². The average molecular weight is 415 g/mol. The summed E-state index contributed by atoms with van der Waals surface area (Å²) in [4.78, 5) is 31.4. The average Bonchev–Trinajstić information content (AvgIpc) is 2.90. The number of hydrogen-bond donors (Lipinski definition) is 1. The summed E-state index contributed by atoms with van der Waals surface area (Å²) in [6, 6.07) is 7.45. The number of fused-ring (bicyclic) bond motifs is 2. The van der Waals surface area contributed by atoms with Crippen molar-refractivity contribution in [2.75, 3.05) is 6.54 Å². The van der Waals surface area contributed by atoms with E-state index in [0.717, 1.165) is 11.0 Å². The standard InChI is InChI=1S/C22H20ClFN2O3/c1-22(2,3)17-8-13-14(23)9-15(24)19(27)18(13)16(25-17)10-26-20(28)11-6-4-5-7-12(11)21(26)29/h4-7,9,17,27H,8,10H2,1-3H3/t17-/m0/s1. The molecular formula is C22H20ClFN2O3. The lowest BCUT2D eigenvalue weighted by atomic mass is 9.79. The first-order chi connectivity index (χ1) is 13.6. The molecule has 7 heteroatoms. The van der Waals surface area contributed by atoms with Gasteiger partial charge >= 0.3 is 0 Å². The number of carbonyl (C=O) groups excluding carboxylic acids is 2. The molecule has 2 aliphatic heterocycles. The molecule has 1 atom stereocenters.